The van der Waals surface area contributed by atoms with Gasteiger partial charge in [-0.1, -0.05) is 143 Å². The maximum Gasteiger partial charge on any atom is 2.00 e. The Hall–Kier alpha value is 0.534. The Balaban J connectivity index is -0.000000608. The zero-order chi connectivity index (χ0) is 27.3. The van der Waals surface area contributed by atoms with E-state index in [2.05, 4.69) is 27.7 Å². The molecule has 0 aromatic rings. The van der Waals surface area contributed by atoms with Gasteiger partial charge in [-0.3, -0.25) is 0 Å². The van der Waals surface area contributed by atoms with Crippen molar-refractivity contribution in [3.63, 3.8) is 0 Å². The molecule has 37 heavy (non-hydrogen) atoms. The number of rotatable bonds is 26. The van der Waals surface area contributed by atoms with Crippen molar-refractivity contribution >= 4 is 16.5 Å². The van der Waals surface area contributed by atoms with Crippen molar-refractivity contribution in [3.8, 4) is 0 Å². The molecule has 0 radical (unpaired) electrons. The van der Waals surface area contributed by atoms with Crippen LogP contribution in [0.1, 0.15) is 169 Å². The van der Waals surface area contributed by atoms with Gasteiger partial charge in [-0.25, -0.2) is 0 Å². The van der Waals surface area contributed by atoms with Gasteiger partial charge in [0.15, 0.2) is 0 Å². The first-order valence-corrected chi connectivity index (χ1v) is 17.2. The molecule has 0 rings (SSSR count). The minimum Gasteiger partial charge on any atom is -0.566 e. The van der Waals surface area contributed by atoms with E-state index in [1.807, 2.05) is 0 Å². The first-order valence-electron chi connectivity index (χ1n) is 15.0. The Morgan fingerprint density at radius 1 is 0.459 bits per heavy atom. The van der Waals surface area contributed by atoms with Crippen LogP contribution in [0.5, 0.6) is 0 Å². The smallest absolute Gasteiger partial charge is 0.566 e. The van der Waals surface area contributed by atoms with Gasteiger partial charge in [0.05, 0.1) is 0 Å². The monoisotopic (exact) mass is 610 g/mol. The number of unbranched alkanes of at least 4 members (excludes halogenated alkanes) is 14. The summed E-state index contributed by atoms with van der Waals surface area (Å²) in [6, 6.07) is 0. The van der Waals surface area contributed by atoms with Crippen LogP contribution in [0.4, 0.5) is 0 Å². The standard InChI is InChI=1S/2C14H29O3P.Ni/c2*1-3-5-7-9-11-13-14(17-18(15)16)12-10-8-6-4-2;/h2*14H,3-13H2,1-2H3;/q;;+2. The van der Waals surface area contributed by atoms with E-state index in [1.165, 1.54) is 89.9 Å². The van der Waals surface area contributed by atoms with E-state index in [0.717, 1.165) is 51.4 Å². The van der Waals surface area contributed by atoms with Crippen molar-refractivity contribution in [1.29, 1.82) is 0 Å². The summed E-state index contributed by atoms with van der Waals surface area (Å²) in [5.41, 5.74) is 0. The summed E-state index contributed by atoms with van der Waals surface area (Å²) in [5.74, 6) is 0. The SMILES string of the molecule is CCCCCCCC(CCCCCC)O[P+](=O)[O-].CCCCCCCC(CCCCCC)O[P+](=O)[O-].[Ni+2]. The molecular weight excluding hydrogens is 553 g/mol. The van der Waals surface area contributed by atoms with Crippen LogP contribution in [0.2, 0.25) is 0 Å². The first-order chi connectivity index (χ1) is 17.4. The third-order valence-electron chi connectivity index (χ3n) is 6.49. The molecule has 0 bridgehead atoms. The molecule has 9 heteroatoms. The number of hydrogen-bond donors (Lipinski definition) is 0. The molecule has 0 aromatic heterocycles. The molecule has 0 N–H and O–H groups in total. The van der Waals surface area contributed by atoms with Crippen molar-refractivity contribution in [2.75, 3.05) is 0 Å². The largest absolute Gasteiger partial charge is 2.00 e. The summed E-state index contributed by atoms with van der Waals surface area (Å²) < 4.78 is 31.3. The van der Waals surface area contributed by atoms with Gasteiger partial charge in [0.2, 0.25) is 0 Å². The normalized spacial score (nSPS) is 13.2. The van der Waals surface area contributed by atoms with Gasteiger partial charge < -0.3 is 9.79 Å². The van der Waals surface area contributed by atoms with Crippen LogP contribution < -0.4 is 9.79 Å². The van der Waals surface area contributed by atoms with Gasteiger partial charge in [-0.15, -0.1) is 9.05 Å². The third kappa shape index (κ3) is 36.5. The molecule has 0 fully saturated rings. The van der Waals surface area contributed by atoms with Crippen molar-refractivity contribution in [3.05, 3.63) is 0 Å². The van der Waals surface area contributed by atoms with E-state index < -0.39 is 16.5 Å². The molecule has 0 amide bonds. The van der Waals surface area contributed by atoms with Crippen LogP contribution >= 0.6 is 16.5 Å². The van der Waals surface area contributed by atoms with E-state index >= 15 is 0 Å². The van der Waals surface area contributed by atoms with Crippen molar-refractivity contribution in [2.45, 2.75) is 181 Å². The summed E-state index contributed by atoms with van der Waals surface area (Å²) in [4.78, 5) is 21.3. The van der Waals surface area contributed by atoms with Crippen LogP contribution in [-0.2, 0) is 34.7 Å². The molecule has 4 atom stereocenters. The second-order valence-corrected chi connectivity index (χ2v) is 11.3. The first kappa shape index (κ1) is 42.0. The van der Waals surface area contributed by atoms with E-state index in [1.54, 1.807) is 0 Å². The van der Waals surface area contributed by atoms with Gasteiger partial charge in [0, 0.05) is 0 Å². The van der Waals surface area contributed by atoms with E-state index in [9.17, 15) is 18.9 Å². The summed E-state index contributed by atoms with van der Waals surface area (Å²) >= 11 is 0. The van der Waals surface area contributed by atoms with Crippen LogP contribution in [0.15, 0.2) is 0 Å². The molecule has 0 aliphatic heterocycles. The molecule has 4 unspecified atom stereocenters. The van der Waals surface area contributed by atoms with Crippen molar-refractivity contribution < 1.29 is 44.5 Å². The number of hydrogen-bond acceptors (Lipinski definition) is 6. The molecule has 0 aromatic carbocycles. The molecule has 0 saturated carbocycles. The molecule has 224 valence electrons. The molecule has 0 heterocycles. The fourth-order valence-corrected chi connectivity index (χ4v) is 5.20. The van der Waals surface area contributed by atoms with Crippen molar-refractivity contribution in [2.24, 2.45) is 0 Å². The van der Waals surface area contributed by atoms with Gasteiger partial charge in [-0.2, -0.15) is 0 Å². The molecule has 0 spiro atoms. The van der Waals surface area contributed by atoms with Gasteiger partial charge in [0.25, 0.3) is 0 Å². The summed E-state index contributed by atoms with van der Waals surface area (Å²) in [5, 5.41) is 0. The second-order valence-electron chi connectivity index (χ2n) is 10.0. The second kappa shape index (κ2) is 34.6. The maximum absolute atomic E-state index is 10.6. The summed E-state index contributed by atoms with van der Waals surface area (Å²) in [6.07, 6.45) is 24.9. The fourth-order valence-electron chi connectivity index (χ4n) is 4.29. The van der Waals surface area contributed by atoms with E-state index in [0.29, 0.717) is 0 Å². The fraction of sp³-hybridized carbons (Fsp3) is 1.00. The van der Waals surface area contributed by atoms with Crippen LogP contribution in [0.25, 0.3) is 0 Å². The summed E-state index contributed by atoms with van der Waals surface area (Å²) in [6.45, 7) is 8.75. The Bertz CT molecular complexity index is 444. The predicted molar refractivity (Wildman–Crippen MR) is 149 cm³/mol. The zero-order valence-corrected chi connectivity index (χ0v) is 27.1. The van der Waals surface area contributed by atoms with Gasteiger partial charge in [0.1, 0.15) is 12.2 Å². The Morgan fingerprint density at radius 3 is 0.892 bits per heavy atom. The third-order valence-corrected chi connectivity index (χ3v) is 7.43. The molecular formula is C28H58NiO6P2+2. The zero-order valence-electron chi connectivity index (χ0n) is 24.4. The van der Waals surface area contributed by atoms with Crippen molar-refractivity contribution in [1.82, 2.24) is 0 Å². The minimum absolute atomic E-state index is 0. The van der Waals surface area contributed by atoms with Crippen LogP contribution in [-0.4, -0.2) is 12.2 Å². The van der Waals surface area contributed by atoms with Crippen LogP contribution in [0, 0.1) is 0 Å². The topological polar surface area (TPSA) is 98.7 Å². The van der Waals surface area contributed by atoms with Gasteiger partial charge >= 0.3 is 33.0 Å². The molecule has 6 nitrogen and oxygen atoms in total. The molecule has 0 aliphatic rings. The Labute approximate surface area is 241 Å². The van der Waals surface area contributed by atoms with E-state index in [4.69, 9.17) is 9.05 Å². The average Bonchev–Trinajstić information content (AvgIpc) is 2.83. The summed E-state index contributed by atoms with van der Waals surface area (Å²) in [7, 11) is -5.38. The quantitative estimate of drug-likeness (QED) is 0.0549. The molecule has 0 aliphatic carbocycles. The minimum atomic E-state index is -2.69. The Morgan fingerprint density at radius 2 is 0.676 bits per heavy atom. The predicted octanol–water partition coefficient (Wildman–Crippen LogP) is 9.44. The maximum atomic E-state index is 10.6. The van der Waals surface area contributed by atoms with Crippen LogP contribution in [0.3, 0.4) is 0 Å². The average molecular weight is 611 g/mol. The Kier molecular flexibility index (Phi) is 39.2. The molecule has 0 saturated heterocycles. The van der Waals surface area contributed by atoms with E-state index in [-0.39, 0.29) is 28.7 Å². The van der Waals surface area contributed by atoms with Gasteiger partial charge in [-0.05, 0) is 34.8 Å².